The second kappa shape index (κ2) is 7.59. The maximum Gasteiger partial charge on any atom is 0.166 e. The first kappa shape index (κ1) is 16.0. The first-order valence-electron chi connectivity index (χ1n) is 7.35. The number of para-hydroxylation sites is 3. The maximum absolute atomic E-state index is 5.92. The van der Waals surface area contributed by atoms with Gasteiger partial charge in [0.25, 0.3) is 0 Å². The van der Waals surface area contributed by atoms with E-state index in [4.69, 9.17) is 14.2 Å². The van der Waals surface area contributed by atoms with Crippen LogP contribution < -0.4 is 19.5 Å². The quantitative estimate of drug-likeness (QED) is 0.835. The lowest BCUT2D eigenvalue weighted by atomic mass is 10.1. The number of nitrogens with one attached hydrogen (secondary N) is 1. The van der Waals surface area contributed by atoms with Crippen LogP contribution in [0.1, 0.15) is 19.4 Å². The fourth-order valence-corrected chi connectivity index (χ4v) is 2.21. The third-order valence-electron chi connectivity index (χ3n) is 3.21. The van der Waals surface area contributed by atoms with E-state index in [1.54, 1.807) is 14.2 Å². The van der Waals surface area contributed by atoms with Gasteiger partial charge in [0.05, 0.1) is 26.0 Å². The van der Waals surface area contributed by atoms with Crippen LogP contribution in [0.5, 0.6) is 17.2 Å². The number of benzene rings is 2. The molecule has 0 heterocycles. The van der Waals surface area contributed by atoms with Gasteiger partial charge in [0.2, 0.25) is 0 Å². The molecule has 0 fully saturated rings. The fraction of sp³-hybridized carbons (Fsp3) is 0.333. The summed E-state index contributed by atoms with van der Waals surface area (Å²) >= 11 is 0. The van der Waals surface area contributed by atoms with Gasteiger partial charge in [0, 0.05) is 12.1 Å². The molecule has 22 heavy (non-hydrogen) atoms. The Labute approximate surface area is 132 Å². The number of hydrogen-bond acceptors (Lipinski definition) is 4. The number of ether oxygens (including phenoxy) is 3. The van der Waals surface area contributed by atoms with Gasteiger partial charge >= 0.3 is 0 Å². The second-order valence-corrected chi connectivity index (χ2v) is 5.17. The van der Waals surface area contributed by atoms with Crippen LogP contribution in [0.15, 0.2) is 42.5 Å². The van der Waals surface area contributed by atoms with Crippen LogP contribution in [-0.4, -0.2) is 20.3 Å². The monoisotopic (exact) mass is 301 g/mol. The lowest BCUT2D eigenvalue weighted by Crippen LogP contribution is -2.10. The minimum absolute atomic E-state index is 0.0845. The predicted octanol–water partition coefficient (Wildman–Crippen LogP) is 4.10. The van der Waals surface area contributed by atoms with Gasteiger partial charge in [-0.15, -0.1) is 0 Å². The topological polar surface area (TPSA) is 39.7 Å². The molecule has 4 nitrogen and oxygen atoms in total. The van der Waals surface area contributed by atoms with Crippen LogP contribution in [0.2, 0.25) is 0 Å². The molecule has 0 amide bonds. The molecule has 2 aromatic rings. The van der Waals surface area contributed by atoms with Crippen LogP contribution in [0.3, 0.4) is 0 Å². The highest BCUT2D eigenvalue weighted by Crippen LogP contribution is 2.33. The molecule has 0 atom stereocenters. The minimum atomic E-state index is 0.0845. The molecule has 2 aromatic carbocycles. The Kier molecular flexibility index (Phi) is 5.53. The summed E-state index contributed by atoms with van der Waals surface area (Å²) in [5.74, 6) is 2.34. The van der Waals surface area contributed by atoms with Gasteiger partial charge < -0.3 is 19.5 Å². The van der Waals surface area contributed by atoms with E-state index >= 15 is 0 Å². The SMILES string of the molecule is COc1ccccc1NCc1cccc(OC)c1OC(C)C. The minimum Gasteiger partial charge on any atom is -0.495 e. The van der Waals surface area contributed by atoms with E-state index in [0.29, 0.717) is 6.54 Å². The van der Waals surface area contributed by atoms with Crippen molar-refractivity contribution in [2.75, 3.05) is 19.5 Å². The van der Waals surface area contributed by atoms with E-state index in [1.807, 2.05) is 56.3 Å². The predicted molar refractivity (Wildman–Crippen MR) is 89.1 cm³/mol. The average Bonchev–Trinajstić information content (AvgIpc) is 2.53. The van der Waals surface area contributed by atoms with Gasteiger partial charge in [0.1, 0.15) is 5.75 Å². The van der Waals surface area contributed by atoms with Gasteiger partial charge in [-0.25, -0.2) is 0 Å². The Balaban J connectivity index is 2.22. The molecule has 0 spiro atoms. The lowest BCUT2D eigenvalue weighted by Gasteiger charge is -2.18. The molecular formula is C18H23NO3. The van der Waals surface area contributed by atoms with E-state index in [9.17, 15) is 0 Å². The summed E-state index contributed by atoms with van der Waals surface area (Å²) in [5, 5.41) is 3.38. The molecule has 0 unspecified atom stereocenters. The van der Waals surface area contributed by atoms with Crippen LogP contribution in [0.4, 0.5) is 5.69 Å². The normalized spacial score (nSPS) is 10.4. The Bertz CT molecular complexity index is 611. The summed E-state index contributed by atoms with van der Waals surface area (Å²) in [4.78, 5) is 0. The molecule has 4 heteroatoms. The van der Waals surface area contributed by atoms with Crippen molar-refractivity contribution in [3.05, 3.63) is 48.0 Å². The van der Waals surface area contributed by atoms with E-state index in [0.717, 1.165) is 28.5 Å². The molecule has 0 aromatic heterocycles. The van der Waals surface area contributed by atoms with Crippen LogP contribution in [-0.2, 0) is 6.54 Å². The summed E-state index contributed by atoms with van der Waals surface area (Å²) in [5.41, 5.74) is 1.99. The van der Waals surface area contributed by atoms with Gasteiger partial charge in [-0.1, -0.05) is 24.3 Å². The van der Waals surface area contributed by atoms with Gasteiger partial charge in [-0.3, -0.25) is 0 Å². The fourth-order valence-electron chi connectivity index (χ4n) is 2.21. The third kappa shape index (κ3) is 3.85. The highest BCUT2D eigenvalue weighted by Gasteiger charge is 2.12. The standard InChI is InChI=1S/C18H23NO3/c1-13(2)22-18-14(8-7-11-17(18)21-4)12-19-15-9-5-6-10-16(15)20-3/h5-11,13,19H,12H2,1-4H3. The van der Waals surface area contributed by atoms with E-state index < -0.39 is 0 Å². The molecule has 0 radical (unpaired) electrons. The Morgan fingerprint density at radius 2 is 1.59 bits per heavy atom. The van der Waals surface area contributed by atoms with Gasteiger partial charge in [-0.2, -0.15) is 0 Å². The Morgan fingerprint density at radius 3 is 2.27 bits per heavy atom. The number of rotatable bonds is 7. The third-order valence-corrected chi connectivity index (χ3v) is 3.21. The molecule has 2 rings (SSSR count). The molecule has 1 N–H and O–H groups in total. The zero-order valence-electron chi connectivity index (χ0n) is 13.6. The highest BCUT2D eigenvalue weighted by molar-refractivity contribution is 5.57. The molecular weight excluding hydrogens is 278 g/mol. The van der Waals surface area contributed by atoms with Crippen molar-refractivity contribution >= 4 is 5.69 Å². The van der Waals surface area contributed by atoms with Crippen LogP contribution in [0, 0.1) is 0 Å². The average molecular weight is 301 g/mol. The summed E-state index contributed by atoms with van der Waals surface area (Å²) in [7, 11) is 3.32. The zero-order chi connectivity index (χ0) is 15.9. The molecule has 0 saturated carbocycles. The van der Waals surface area contributed by atoms with E-state index in [2.05, 4.69) is 5.32 Å². The summed E-state index contributed by atoms with van der Waals surface area (Å²) in [6.07, 6.45) is 0.0845. The van der Waals surface area contributed by atoms with Crippen molar-refractivity contribution in [1.82, 2.24) is 0 Å². The largest absolute Gasteiger partial charge is 0.495 e. The van der Waals surface area contributed by atoms with Crippen molar-refractivity contribution in [2.24, 2.45) is 0 Å². The van der Waals surface area contributed by atoms with Gasteiger partial charge in [0.15, 0.2) is 11.5 Å². The number of anilines is 1. The van der Waals surface area contributed by atoms with Gasteiger partial charge in [-0.05, 0) is 32.0 Å². The highest BCUT2D eigenvalue weighted by atomic mass is 16.5. The molecule has 0 bridgehead atoms. The molecule has 0 aliphatic heterocycles. The summed E-state index contributed by atoms with van der Waals surface area (Å²) < 4.78 is 16.7. The first-order chi connectivity index (χ1) is 10.7. The molecule has 0 aliphatic rings. The number of methoxy groups -OCH3 is 2. The van der Waals surface area contributed by atoms with Crippen molar-refractivity contribution < 1.29 is 14.2 Å². The second-order valence-electron chi connectivity index (χ2n) is 5.17. The van der Waals surface area contributed by atoms with Crippen molar-refractivity contribution in [3.8, 4) is 17.2 Å². The molecule has 118 valence electrons. The zero-order valence-corrected chi connectivity index (χ0v) is 13.6. The Hall–Kier alpha value is -2.36. The summed E-state index contributed by atoms with van der Waals surface area (Å²) in [6, 6.07) is 13.7. The maximum atomic E-state index is 5.92. The lowest BCUT2D eigenvalue weighted by molar-refractivity contribution is 0.228. The molecule has 0 aliphatic carbocycles. The molecule has 0 saturated heterocycles. The summed E-state index contributed by atoms with van der Waals surface area (Å²) in [6.45, 7) is 4.63. The van der Waals surface area contributed by atoms with E-state index in [-0.39, 0.29) is 6.10 Å². The number of hydrogen-bond donors (Lipinski definition) is 1. The van der Waals surface area contributed by atoms with Crippen molar-refractivity contribution in [2.45, 2.75) is 26.5 Å². The van der Waals surface area contributed by atoms with Crippen LogP contribution in [0.25, 0.3) is 0 Å². The Morgan fingerprint density at radius 1 is 0.909 bits per heavy atom. The van der Waals surface area contributed by atoms with Crippen molar-refractivity contribution in [3.63, 3.8) is 0 Å². The van der Waals surface area contributed by atoms with Crippen LogP contribution >= 0.6 is 0 Å². The first-order valence-corrected chi connectivity index (χ1v) is 7.35. The smallest absolute Gasteiger partial charge is 0.166 e. The van der Waals surface area contributed by atoms with Crippen molar-refractivity contribution in [1.29, 1.82) is 0 Å². The van der Waals surface area contributed by atoms with E-state index in [1.165, 1.54) is 0 Å².